The molecule has 3 N–H and O–H groups in total. The molecule has 1 atom stereocenters. The van der Waals surface area contributed by atoms with Gasteiger partial charge in [-0.1, -0.05) is 6.92 Å². The van der Waals surface area contributed by atoms with Gasteiger partial charge in [0.25, 0.3) is 0 Å². The van der Waals surface area contributed by atoms with Gasteiger partial charge in [-0.2, -0.15) is 0 Å². The number of carbonyl (C=O) groups is 1. The number of rotatable bonds is 7. The Hall–Kier alpha value is -2.22. The van der Waals surface area contributed by atoms with Gasteiger partial charge in [-0.25, -0.2) is 9.78 Å². The van der Waals surface area contributed by atoms with E-state index in [4.69, 9.17) is 5.11 Å². The summed E-state index contributed by atoms with van der Waals surface area (Å²) >= 11 is 0. The molecule has 0 fully saturated rings. The number of carboxylic acid groups (broad SMARTS) is 1. The van der Waals surface area contributed by atoms with Crippen LogP contribution in [0.1, 0.15) is 30.1 Å². The Kier molecular flexibility index (Phi) is 5.19. The maximum absolute atomic E-state index is 10.8. The van der Waals surface area contributed by atoms with Crippen LogP contribution in [0.4, 0.5) is 11.5 Å². The highest BCUT2D eigenvalue weighted by atomic mass is 16.6. The van der Waals surface area contributed by atoms with Gasteiger partial charge in [-0.3, -0.25) is 10.1 Å². The molecule has 0 aliphatic carbocycles. The van der Waals surface area contributed by atoms with Crippen LogP contribution in [0, 0.1) is 10.1 Å². The first kappa shape index (κ1) is 14.8. The predicted molar refractivity (Wildman–Crippen MR) is 67.3 cm³/mol. The molecule has 0 aromatic carbocycles. The molecule has 0 saturated carbocycles. The lowest BCUT2D eigenvalue weighted by Crippen LogP contribution is -2.14. The molecule has 0 radical (unpaired) electrons. The van der Waals surface area contributed by atoms with Crippen LogP contribution in [0.5, 0.6) is 0 Å². The maximum Gasteiger partial charge on any atom is 0.337 e. The molecular formula is C11H15N3O5. The number of aliphatic hydroxyl groups excluding tert-OH is 1. The smallest absolute Gasteiger partial charge is 0.337 e. The van der Waals surface area contributed by atoms with Crippen LogP contribution in [0.3, 0.4) is 0 Å². The highest BCUT2D eigenvalue weighted by molar-refractivity contribution is 5.88. The van der Waals surface area contributed by atoms with Crippen molar-refractivity contribution in [3.8, 4) is 0 Å². The van der Waals surface area contributed by atoms with Crippen LogP contribution >= 0.6 is 0 Å². The number of carboxylic acids is 1. The van der Waals surface area contributed by atoms with Crippen LogP contribution in [0.15, 0.2) is 12.3 Å². The Bertz CT molecular complexity index is 477. The molecule has 1 unspecified atom stereocenters. The molecule has 1 aromatic rings. The summed E-state index contributed by atoms with van der Waals surface area (Å²) < 4.78 is 0. The van der Waals surface area contributed by atoms with Crippen LogP contribution in [0.2, 0.25) is 0 Å². The SMILES string of the molecule is CCC(O)CCNc1ncc(C(=O)O)cc1[N+](=O)[O-]. The maximum atomic E-state index is 10.8. The second-order valence-electron chi connectivity index (χ2n) is 3.93. The third-order valence-corrected chi connectivity index (χ3v) is 2.55. The number of aromatic nitrogens is 1. The quantitative estimate of drug-likeness (QED) is 0.502. The number of aromatic carboxylic acids is 1. The first-order valence-electron chi connectivity index (χ1n) is 5.75. The van der Waals surface area contributed by atoms with E-state index in [1.807, 2.05) is 6.92 Å². The van der Waals surface area contributed by atoms with E-state index in [9.17, 15) is 20.0 Å². The zero-order chi connectivity index (χ0) is 14.4. The molecule has 1 heterocycles. The van der Waals surface area contributed by atoms with Gasteiger partial charge in [-0.15, -0.1) is 0 Å². The molecule has 1 aromatic heterocycles. The Morgan fingerprint density at radius 1 is 1.63 bits per heavy atom. The van der Waals surface area contributed by atoms with E-state index in [-0.39, 0.29) is 11.4 Å². The van der Waals surface area contributed by atoms with Gasteiger partial charge in [0, 0.05) is 18.8 Å². The summed E-state index contributed by atoms with van der Waals surface area (Å²) in [4.78, 5) is 24.6. The molecule has 8 nitrogen and oxygen atoms in total. The molecule has 19 heavy (non-hydrogen) atoms. The van der Waals surface area contributed by atoms with Gasteiger partial charge in [0.1, 0.15) is 0 Å². The van der Waals surface area contributed by atoms with E-state index >= 15 is 0 Å². The lowest BCUT2D eigenvalue weighted by molar-refractivity contribution is -0.384. The minimum Gasteiger partial charge on any atom is -0.478 e. The summed E-state index contributed by atoms with van der Waals surface area (Å²) in [6.45, 7) is 2.14. The Labute approximate surface area is 109 Å². The summed E-state index contributed by atoms with van der Waals surface area (Å²) in [6, 6.07) is 0.952. The summed E-state index contributed by atoms with van der Waals surface area (Å²) in [7, 11) is 0. The number of hydrogen-bond acceptors (Lipinski definition) is 6. The largest absolute Gasteiger partial charge is 0.478 e. The molecular weight excluding hydrogens is 254 g/mol. The van der Waals surface area contributed by atoms with Crippen LogP contribution in [0.25, 0.3) is 0 Å². The average molecular weight is 269 g/mol. The van der Waals surface area contributed by atoms with Gasteiger partial charge >= 0.3 is 11.7 Å². The highest BCUT2D eigenvalue weighted by Crippen LogP contribution is 2.22. The first-order valence-corrected chi connectivity index (χ1v) is 5.75. The average Bonchev–Trinajstić information content (AvgIpc) is 2.38. The standard InChI is InChI=1S/C11H15N3O5/c1-2-8(15)3-4-12-10-9(14(18)19)5-7(6-13-10)11(16)17/h5-6,8,15H,2-4H2,1H3,(H,12,13)(H,16,17). The van der Waals surface area contributed by atoms with Crippen molar-refractivity contribution in [2.45, 2.75) is 25.9 Å². The third kappa shape index (κ3) is 4.18. The van der Waals surface area contributed by atoms with Crippen molar-refractivity contribution in [3.05, 3.63) is 27.9 Å². The van der Waals surface area contributed by atoms with E-state index in [0.29, 0.717) is 19.4 Å². The number of anilines is 1. The van der Waals surface area contributed by atoms with E-state index in [1.54, 1.807) is 0 Å². The van der Waals surface area contributed by atoms with Gasteiger partial charge in [-0.05, 0) is 12.8 Å². The van der Waals surface area contributed by atoms with E-state index < -0.39 is 22.7 Å². The molecule has 0 amide bonds. The summed E-state index contributed by atoms with van der Waals surface area (Å²) in [5, 5.41) is 31.7. The number of nitrogens with zero attached hydrogens (tertiary/aromatic N) is 2. The number of aliphatic hydroxyl groups is 1. The Morgan fingerprint density at radius 3 is 2.84 bits per heavy atom. The number of hydrogen-bond donors (Lipinski definition) is 3. The van der Waals surface area contributed by atoms with Crippen LogP contribution in [-0.2, 0) is 0 Å². The third-order valence-electron chi connectivity index (χ3n) is 2.55. The van der Waals surface area contributed by atoms with E-state index in [0.717, 1.165) is 12.3 Å². The second kappa shape index (κ2) is 6.64. The van der Waals surface area contributed by atoms with E-state index in [1.165, 1.54) is 0 Å². The fourth-order valence-electron chi connectivity index (χ4n) is 1.41. The fraction of sp³-hybridized carbons (Fsp3) is 0.455. The van der Waals surface area contributed by atoms with Crippen molar-refractivity contribution in [1.82, 2.24) is 4.98 Å². The zero-order valence-electron chi connectivity index (χ0n) is 10.4. The first-order chi connectivity index (χ1) is 8.95. The van der Waals surface area contributed by atoms with Crippen molar-refractivity contribution >= 4 is 17.5 Å². The minimum atomic E-state index is -1.27. The van der Waals surface area contributed by atoms with Gasteiger partial charge in [0.05, 0.1) is 16.6 Å². The Balaban J connectivity index is 2.82. The predicted octanol–water partition coefficient (Wildman–Crippen LogP) is 1.26. The molecule has 0 aliphatic rings. The monoisotopic (exact) mass is 269 g/mol. The zero-order valence-corrected chi connectivity index (χ0v) is 10.4. The van der Waals surface area contributed by atoms with E-state index in [2.05, 4.69) is 10.3 Å². The topological polar surface area (TPSA) is 126 Å². The Morgan fingerprint density at radius 2 is 2.32 bits per heavy atom. The number of nitrogens with one attached hydrogen (secondary N) is 1. The lowest BCUT2D eigenvalue weighted by Gasteiger charge is -2.09. The highest BCUT2D eigenvalue weighted by Gasteiger charge is 2.18. The number of nitro groups is 1. The van der Waals surface area contributed by atoms with Crippen molar-refractivity contribution in [2.24, 2.45) is 0 Å². The second-order valence-corrected chi connectivity index (χ2v) is 3.93. The van der Waals surface area contributed by atoms with Crippen molar-refractivity contribution in [3.63, 3.8) is 0 Å². The summed E-state index contributed by atoms with van der Waals surface area (Å²) in [5.41, 5.74) is -0.642. The van der Waals surface area contributed by atoms with Gasteiger partial charge < -0.3 is 15.5 Å². The van der Waals surface area contributed by atoms with Crippen LogP contribution in [-0.4, -0.2) is 38.7 Å². The lowest BCUT2D eigenvalue weighted by atomic mass is 10.2. The molecule has 0 bridgehead atoms. The molecule has 8 heteroatoms. The molecule has 1 rings (SSSR count). The van der Waals surface area contributed by atoms with Gasteiger partial charge in [0.15, 0.2) is 0 Å². The minimum absolute atomic E-state index is 0.00157. The summed E-state index contributed by atoms with van der Waals surface area (Å²) in [6.07, 6.45) is 1.59. The molecule has 104 valence electrons. The van der Waals surface area contributed by atoms with Crippen molar-refractivity contribution in [1.29, 1.82) is 0 Å². The molecule has 0 saturated heterocycles. The summed E-state index contributed by atoms with van der Waals surface area (Å²) in [5.74, 6) is -1.28. The normalized spacial score (nSPS) is 11.9. The van der Waals surface area contributed by atoms with Crippen molar-refractivity contribution in [2.75, 3.05) is 11.9 Å². The van der Waals surface area contributed by atoms with Gasteiger partial charge in [0.2, 0.25) is 5.82 Å². The molecule has 0 spiro atoms. The van der Waals surface area contributed by atoms with Crippen LogP contribution < -0.4 is 5.32 Å². The molecule has 0 aliphatic heterocycles. The van der Waals surface area contributed by atoms with Crippen molar-refractivity contribution < 1.29 is 19.9 Å². The fourth-order valence-corrected chi connectivity index (χ4v) is 1.41. The number of pyridine rings is 1.